The summed E-state index contributed by atoms with van der Waals surface area (Å²) in [6.07, 6.45) is 3.01. The molecule has 2 N–H and O–H groups in total. The summed E-state index contributed by atoms with van der Waals surface area (Å²) < 4.78 is 11.0. The van der Waals surface area contributed by atoms with E-state index in [0.29, 0.717) is 24.2 Å². The van der Waals surface area contributed by atoms with Crippen LogP contribution in [0.15, 0.2) is 51.9 Å². The number of nitrogens with two attached hydrogens (primary N) is 1. The molecular weight excluding hydrogens is 362 g/mol. The van der Waals surface area contributed by atoms with E-state index in [-0.39, 0.29) is 29.3 Å². The van der Waals surface area contributed by atoms with Crippen molar-refractivity contribution >= 4 is 23.5 Å². The van der Waals surface area contributed by atoms with Crippen LogP contribution in [0.1, 0.15) is 45.1 Å². The Morgan fingerprint density at radius 2 is 1.96 bits per heavy atom. The number of carbonyl (C=O) groups is 2. The Labute approximate surface area is 164 Å². The molecule has 1 aromatic rings. The van der Waals surface area contributed by atoms with E-state index in [1.807, 2.05) is 44.4 Å². The molecule has 1 aromatic carbocycles. The van der Waals surface area contributed by atoms with Crippen LogP contribution in [-0.4, -0.2) is 24.6 Å². The summed E-state index contributed by atoms with van der Waals surface area (Å²) in [6, 6.07) is 7.83. The van der Waals surface area contributed by atoms with Gasteiger partial charge in [0.1, 0.15) is 11.3 Å². The standard InChI is InChI=1S/C21H25NO4S/c1-5-25-20(24)18-16(12-6-8-13(27-4)9-7-12)17-14(23)10-21(2,3)11-15(17)26-19(18)22/h6-9,16H,5,10-11,22H2,1-4H3/t16-/m0/s1. The number of hydrogen-bond donors (Lipinski definition) is 1. The van der Waals surface area contributed by atoms with Crippen molar-refractivity contribution in [2.24, 2.45) is 11.1 Å². The van der Waals surface area contributed by atoms with Gasteiger partial charge in [0.05, 0.1) is 12.5 Å². The zero-order valence-electron chi connectivity index (χ0n) is 16.1. The fourth-order valence-corrected chi connectivity index (χ4v) is 4.13. The van der Waals surface area contributed by atoms with Gasteiger partial charge >= 0.3 is 5.97 Å². The van der Waals surface area contributed by atoms with Gasteiger partial charge in [-0.3, -0.25) is 4.79 Å². The highest BCUT2D eigenvalue weighted by Crippen LogP contribution is 2.48. The summed E-state index contributed by atoms with van der Waals surface area (Å²) in [7, 11) is 0. The second-order valence-corrected chi connectivity index (χ2v) is 8.46. The van der Waals surface area contributed by atoms with Gasteiger partial charge in [-0.25, -0.2) is 4.79 Å². The maximum Gasteiger partial charge on any atom is 0.340 e. The molecule has 0 bridgehead atoms. The van der Waals surface area contributed by atoms with Crippen molar-refractivity contribution in [3.63, 3.8) is 0 Å². The molecule has 1 aliphatic heterocycles. The number of benzene rings is 1. The first kappa shape index (κ1) is 19.5. The zero-order valence-corrected chi connectivity index (χ0v) is 16.9. The van der Waals surface area contributed by atoms with Gasteiger partial charge in [-0.1, -0.05) is 26.0 Å². The normalized spacial score (nSPS) is 21.6. The lowest BCUT2D eigenvalue weighted by Crippen LogP contribution is -2.35. The van der Waals surface area contributed by atoms with Crippen LogP contribution in [0.25, 0.3) is 0 Å². The van der Waals surface area contributed by atoms with Gasteiger partial charge < -0.3 is 15.2 Å². The van der Waals surface area contributed by atoms with Crippen molar-refractivity contribution in [1.82, 2.24) is 0 Å². The largest absolute Gasteiger partial charge is 0.462 e. The number of ether oxygens (including phenoxy) is 2. The van der Waals surface area contributed by atoms with Crippen molar-refractivity contribution in [3.05, 3.63) is 52.6 Å². The first-order valence-corrected chi connectivity index (χ1v) is 10.2. The number of hydrogen-bond acceptors (Lipinski definition) is 6. The quantitative estimate of drug-likeness (QED) is 0.624. The number of ketones is 1. The minimum absolute atomic E-state index is 0.00510. The van der Waals surface area contributed by atoms with Crippen LogP contribution in [0.5, 0.6) is 0 Å². The summed E-state index contributed by atoms with van der Waals surface area (Å²) in [5.74, 6) is -0.516. The average molecular weight is 388 g/mol. The van der Waals surface area contributed by atoms with Crippen LogP contribution in [0.3, 0.4) is 0 Å². The third kappa shape index (κ3) is 3.76. The smallest absolute Gasteiger partial charge is 0.340 e. The number of thioether (sulfide) groups is 1. The van der Waals surface area contributed by atoms with Crippen LogP contribution in [-0.2, 0) is 19.1 Å². The Morgan fingerprint density at radius 3 is 2.56 bits per heavy atom. The fraction of sp³-hybridized carbons (Fsp3) is 0.429. The highest BCUT2D eigenvalue weighted by Gasteiger charge is 2.44. The molecule has 0 spiro atoms. The number of Topliss-reactive ketones (excluding diaryl/α,β-unsaturated/α-hetero) is 1. The van der Waals surface area contributed by atoms with Crippen molar-refractivity contribution in [3.8, 4) is 0 Å². The highest BCUT2D eigenvalue weighted by molar-refractivity contribution is 7.98. The number of carbonyl (C=O) groups excluding carboxylic acids is 2. The summed E-state index contributed by atoms with van der Waals surface area (Å²) in [5, 5.41) is 0. The summed E-state index contributed by atoms with van der Waals surface area (Å²) in [4.78, 5) is 26.8. The molecule has 5 nitrogen and oxygen atoms in total. The predicted molar refractivity (Wildman–Crippen MR) is 105 cm³/mol. The molecule has 2 aliphatic rings. The fourth-order valence-electron chi connectivity index (χ4n) is 3.72. The summed E-state index contributed by atoms with van der Waals surface area (Å²) in [6.45, 7) is 6.02. The van der Waals surface area contributed by atoms with Crippen LogP contribution in [0.2, 0.25) is 0 Å². The van der Waals surface area contributed by atoms with Crippen molar-refractivity contribution < 1.29 is 19.1 Å². The lowest BCUT2D eigenvalue weighted by molar-refractivity contribution is -0.139. The van der Waals surface area contributed by atoms with Crippen molar-refractivity contribution in [1.29, 1.82) is 0 Å². The molecule has 0 aromatic heterocycles. The van der Waals surface area contributed by atoms with E-state index in [1.54, 1.807) is 18.7 Å². The molecule has 0 saturated heterocycles. The number of esters is 1. The Bertz CT molecular complexity index is 836. The molecule has 0 unspecified atom stereocenters. The Hall–Kier alpha value is -2.21. The Balaban J connectivity index is 2.15. The van der Waals surface area contributed by atoms with Gasteiger partial charge in [0.25, 0.3) is 0 Å². The van der Waals surface area contributed by atoms with Gasteiger partial charge in [-0.05, 0) is 36.3 Å². The lowest BCUT2D eigenvalue weighted by Gasteiger charge is -2.38. The third-order valence-corrected chi connectivity index (χ3v) is 5.64. The van der Waals surface area contributed by atoms with Gasteiger partial charge in [-0.2, -0.15) is 0 Å². The summed E-state index contributed by atoms with van der Waals surface area (Å²) >= 11 is 1.63. The predicted octanol–water partition coefficient (Wildman–Crippen LogP) is 3.90. The van der Waals surface area contributed by atoms with Crippen LogP contribution < -0.4 is 5.73 Å². The highest BCUT2D eigenvalue weighted by atomic mass is 32.2. The van der Waals surface area contributed by atoms with Gasteiger partial charge in [-0.15, -0.1) is 11.8 Å². The van der Waals surface area contributed by atoms with Crippen LogP contribution in [0.4, 0.5) is 0 Å². The molecular formula is C21H25NO4S. The minimum Gasteiger partial charge on any atom is -0.462 e. The SMILES string of the molecule is CCOC(=O)C1=C(N)OC2=C(C(=O)CC(C)(C)C2)[C@@H]1c1ccc(SC)cc1. The maximum atomic E-state index is 13.0. The monoisotopic (exact) mass is 387 g/mol. The molecule has 6 heteroatoms. The van der Waals surface area contributed by atoms with E-state index >= 15 is 0 Å². The van der Waals surface area contributed by atoms with Crippen LogP contribution >= 0.6 is 11.8 Å². The molecule has 144 valence electrons. The van der Waals surface area contributed by atoms with E-state index in [9.17, 15) is 9.59 Å². The molecule has 0 saturated carbocycles. The second-order valence-electron chi connectivity index (χ2n) is 7.58. The zero-order chi connectivity index (χ0) is 19.8. The Kier molecular flexibility index (Phi) is 5.38. The first-order chi connectivity index (χ1) is 12.8. The van der Waals surface area contributed by atoms with Crippen LogP contribution in [0, 0.1) is 5.41 Å². The van der Waals surface area contributed by atoms with E-state index in [4.69, 9.17) is 15.2 Å². The Morgan fingerprint density at radius 1 is 1.30 bits per heavy atom. The second kappa shape index (κ2) is 7.43. The molecule has 0 fully saturated rings. The topological polar surface area (TPSA) is 78.6 Å². The number of rotatable bonds is 4. The average Bonchev–Trinajstić information content (AvgIpc) is 2.59. The third-order valence-electron chi connectivity index (χ3n) is 4.90. The molecule has 1 atom stereocenters. The molecule has 0 radical (unpaired) electrons. The van der Waals surface area contributed by atoms with Gasteiger partial charge in [0, 0.05) is 23.3 Å². The first-order valence-electron chi connectivity index (χ1n) is 9.02. The van der Waals surface area contributed by atoms with Crippen molar-refractivity contribution in [2.75, 3.05) is 12.9 Å². The maximum absolute atomic E-state index is 13.0. The minimum atomic E-state index is -0.563. The summed E-state index contributed by atoms with van der Waals surface area (Å²) in [5.41, 5.74) is 7.51. The molecule has 1 heterocycles. The molecule has 27 heavy (non-hydrogen) atoms. The van der Waals surface area contributed by atoms with E-state index in [2.05, 4.69) is 0 Å². The van der Waals surface area contributed by atoms with Gasteiger partial charge in [0.15, 0.2) is 5.78 Å². The molecule has 0 amide bonds. The van der Waals surface area contributed by atoms with Crippen molar-refractivity contribution in [2.45, 2.75) is 44.4 Å². The van der Waals surface area contributed by atoms with E-state index in [0.717, 1.165) is 10.5 Å². The lowest BCUT2D eigenvalue weighted by atomic mass is 9.70. The number of allylic oxidation sites excluding steroid dienone is 2. The molecule has 1 aliphatic carbocycles. The van der Waals surface area contributed by atoms with E-state index < -0.39 is 11.9 Å². The van der Waals surface area contributed by atoms with E-state index in [1.165, 1.54) is 0 Å². The van der Waals surface area contributed by atoms with Gasteiger partial charge in [0.2, 0.25) is 5.88 Å². The molecule has 3 rings (SSSR count).